The second-order valence-electron chi connectivity index (χ2n) is 4.97. The summed E-state index contributed by atoms with van der Waals surface area (Å²) in [6.45, 7) is 8.58. The summed E-state index contributed by atoms with van der Waals surface area (Å²) in [5.41, 5.74) is 0.884. The van der Waals surface area contributed by atoms with Gasteiger partial charge in [-0.15, -0.1) is 0 Å². The number of sulfonamides is 1. The Morgan fingerprint density at radius 2 is 2.09 bits per heavy atom. The third kappa shape index (κ3) is 5.79. The molecule has 5 nitrogen and oxygen atoms in total. The molecule has 0 saturated heterocycles. The number of carbonyl (C=O) groups is 1. The van der Waals surface area contributed by atoms with Crippen LogP contribution in [0.5, 0.6) is 0 Å². The fraction of sp³-hybridized carbons (Fsp3) is 0.400. The van der Waals surface area contributed by atoms with Gasteiger partial charge >= 0.3 is 0 Å². The van der Waals surface area contributed by atoms with Crippen molar-refractivity contribution in [1.82, 2.24) is 9.62 Å². The molecule has 1 rings (SSSR count). The maximum Gasteiger partial charge on any atom is 0.240 e. The maximum atomic E-state index is 12.1. The van der Waals surface area contributed by atoms with E-state index in [1.54, 1.807) is 17.0 Å². The fourth-order valence-corrected chi connectivity index (χ4v) is 3.20. The van der Waals surface area contributed by atoms with Gasteiger partial charge in [-0.2, -0.15) is 0 Å². The second-order valence-corrected chi connectivity index (χ2v) is 7.17. The Morgan fingerprint density at radius 1 is 1.41 bits per heavy atom. The van der Waals surface area contributed by atoms with Crippen molar-refractivity contribution in [2.24, 2.45) is 0 Å². The Labute approximate surface area is 137 Å². The first-order valence-corrected chi connectivity index (χ1v) is 8.79. The molecule has 1 amide bonds. The molecular formula is C15H21ClN2O3S. The van der Waals surface area contributed by atoms with Gasteiger partial charge in [-0.3, -0.25) is 4.79 Å². The van der Waals surface area contributed by atoms with Crippen LogP contribution >= 0.6 is 11.6 Å². The number of carbonyl (C=O) groups excluding carboxylic acids is 1. The van der Waals surface area contributed by atoms with E-state index >= 15 is 0 Å². The molecule has 7 heteroatoms. The van der Waals surface area contributed by atoms with Gasteiger partial charge in [0.25, 0.3) is 0 Å². The van der Waals surface area contributed by atoms with Gasteiger partial charge in [-0.1, -0.05) is 29.8 Å². The molecule has 0 heterocycles. The number of halogens is 1. The average Bonchev–Trinajstić information content (AvgIpc) is 2.44. The first-order valence-electron chi connectivity index (χ1n) is 6.93. The average molecular weight is 345 g/mol. The van der Waals surface area contributed by atoms with E-state index in [-0.39, 0.29) is 23.8 Å². The molecule has 0 aliphatic carbocycles. The van der Waals surface area contributed by atoms with Crippen molar-refractivity contribution < 1.29 is 13.2 Å². The number of nitrogens with zero attached hydrogens (tertiary/aromatic N) is 1. The zero-order valence-corrected chi connectivity index (χ0v) is 14.4. The highest BCUT2D eigenvalue weighted by atomic mass is 35.5. The lowest BCUT2D eigenvalue weighted by Gasteiger charge is -2.21. The van der Waals surface area contributed by atoms with E-state index in [9.17, 15) is 13.2 Å². The highest BCUT2D eigenvalue weighted by Crippen LogP contribution is 2.15. The van der Waals surface area contributed by atoms with Gasteiger partial charge in [-0.25, -0.2) is 13.1 Å². The quantitative estimate of drug-likeness (QED) is 0.736. The van der Waals surface area contributed by atoms with Crippen molar-refractivity contribution in [1.29, 1.82) is 0 Å². The number of likely N-dealkylation sites (N-methyl/N-ethyl adjacent to an activating group) is 1. The van der Waals surface area contributed by atoms with Crippen LogP contribution in [-0.2, 0) is 14.8 Å². The van der Waals surface area contributed by atoms with E-state index in [0.717, 1.165) is 5.57 Å². The van der Waals surface area contributed by atoms with E-state index in [2.05, 4.69) is 11.3 Å². The van der Waals surface area contributed by atoms with Crippen LogP contribution in [-0.4, -0.2) is 38.9 Å². The van der Waals surface area contributed by atoms with E-state index in [0.29, 0.717) is 18.1 Å². The summed E-state index contributed by atoms with van der Waals surface area (Å²) in [5.74, 6) is -0.112. The Hall–Kier alpha value is -1.37. The molecule has 0 saturated carbocycles. The van der Waals surface area contributed by atoms with Gasteiger partial charge < -0.3 is 4.90 Å². The first-order chi connectivity index (χ1) is 10.3. The molecule has 0 bridgehead atoms. The molecule has 0 radical (unpaired) electrons. The monoisotopic (exact) mass is 344 g/mol. The summed E-state index contributed by atoms with van der Waals surface area (Å²) < 4.78 is 26.6. The maximum absolute atomic E-state index is 12.1. The van der Waals surface area contributed by atoms with Crippen LogP contribution in [0.25, 0.3) is 0 Å². The number of hydrogen-bond acceptors (Lipinski definition) is 3. The lowest BCUT2D eigenvalue weighted by molar-refractivity contribution is -0.130. The molecular weight excluding hydrogens is 324 g/mol. The molecule has 0 fully saturated rings. The molecule has 1 aromatic rings. The summed E-state index contributed by atoms with van der Waals surface area (Å²) in [7, 11) is -3.66. The Bertz CT molecular complexity index is 644. The predicted octanol–water partition coefficient (Wildman–Crippen LogP) is 2.43. The topological polar surface area (TPSA) is 66.5 Å². The molecule has 0 aromatic heterocycles. The minimum absolute atomic E-state index is 0.0420. The van der Waals surface area contributed by atoms with Crippen molar-refractivity contribution in [3.63, 3.8) is 0 Å². The third-order valence-corrected chi connectivity index (χ3v) is 4.63. The molecule has 0 unspecified atom stereocenters. The van der Waals surface area contributed by atoms with E-state index in [1.807, 2.05) is 13.8 Å². The Morgan fingerprint density at radius 3 is 2.64 bits per heavy atom. The van der Waals surface area contributed by atoms with Crippen LogP contribution < -0.4 is 4.72 Å². The zero-order chi connectivity index (χ0) is 16.8. The normalized spacial score (nSPS) is 11.2. The summed E-state index contributed by atoms with van der Waals surface area (Å²) in [5, 5.41) is 0.345. The SMILES string of the molecule is C=C(C)CN(CC)C(=O)CCNS(=O)(=O)c1cccc(Cl)c1. The largest absolute Gasteiger partial charge is 0.339 e. The predicted molar refractivity (Wildman–Crippen MR) is 88.3 cm³/mol. The van der Waals surface area contributed by atoms with Gasteiger partial charge in [0.2, 0.25) is 15.9 Å². The molecule has 0 spiro atoms. The fourth-order valence-electron chi connectivity index (χ4n) is 1.87. The molecule has 0 aliphatic rings. The Balaban J connectivity index is 2.59. The molecule has 1 N–H and O–H groups in total. The van der Waals surface area contributed by atoms with Gasteiger partial charge in [0.05, 0.1) is 4.90 Å². The third-order valence-electron chi connectivity index (χ3n) is 2.93. The second kappa shape index (κ2) is 8.31. The molecule has 122 valence electrons. The van der Waals surface area contributed by atoms with Crippen LogP contribution in [0.15, 0.2) is 41.3 Å². The summed E-state index contributed by atoms with van der Waals surface area (Å²) in [4.78, 5) is 13.7. The number of hydrogen-bond donors (Lipinski definition) is 1. The van der Waals surface area contributed by atoms with Crippen LogP contribution in [0.3, 0.4) is 0 Å². The highest BCUT2D eigenvalue weighted by molar-refractivity contribution is 7.89. The van der Waals surface area contributed by atoms with Crippen LogP contribution in [0.1, 0.15) is 20.3 Å². The Kier molecular flexibility index (Phi) is 7.06. The molecule has 1 aromatic carbocycles. The first kappa shape index (κ1) is 18.7. The summed E-state index contributed by atoms with van der Waals surface area (Å²) >= 11 is 5.78. The van der Waals surface area contributed by atoms with Gasteiger partial charge in [0.1, 0.15) is 0 Å². The van der Waals surface area contributed by atoms with Gasteiger partial charge in [-0.05, 0) is 32.0 Å². The summed E-state index contributed by atoms with van der Waals surface area (Å²) in [6, 6.07) is 5.98. The minimum Gasteiger partial charge on any atom is -0.339 e. The van der Waals surface area contributed by atoms with Crippen molar-refractivity contribution in [3.05, 3.63) is 41.4 Å². The van der Waals surface area contributed by atoms with Crippen LogP contribution in [0, 0.1) is 0 Å². The number of rotatable bonds is 8. The number of benzene rings is 1. The van der Waals surface area contributed by atoms with Gasteiger partial charge in [0, 0.05) is 31.1 Å². The van der Waals surface area contributed by atoms with Crippen molar-refractivity contribution >= 4 is 27.5 Å². The van der Waals surface area contributed by atoms with Crippen LogP contribution in [0.4, 0.5) is 0 Å². The van der Waals surface area contributed by atoms with Crippen LogP contribution in [0.2, 0.25) is 5.02 Å². The smallest absolute Gasteiger partial charge is 0.240 e. The summed E-state index contributed by atoms with van der Waals surface area (Å²) in [6.07, 6.45) is 0.0981. The van der Waals surface area contributed by atoms with Gasteiger partial charge in [0.15, 0.2) is 0 Å². The zero-order valence-electron chi connectivity index (χ0n) is 12.8. The molecule has 0 atom stereocenters. The molecule has 22 heavy (non-hydrogen) atoms. The van der Waals surface area contributed by atoms with E-state index < -0.39 is 10.0 Å². The number of nitrogens with one attached hydrogen (secondary N) is 1. The minimum atomic E-state index is -3.66. The lowest BCUT2D eigenvalue weighted by atomic mass is 10.3. The molecule has 0 aliphatic heterocycles. The number of amides is 1. The van der Waals surface area contributed by atoms with Crippen molar-refractivity contribution in [2.45, 2.75) is 25.2 Å². The van der Waals surface area contributed by atoms with Crippen molar-refractivity contribution in [3.8, 4) is 0 Å². The van der Waals surface area contributed by atoms with E-state index in [1.165, 1.54) is 12.1 Å². The highest BCUT2D eigenvalue weighted by Gasteiger charge is 2.16. The standard InChI is InChI=1S/C15H21ClN2O3S/c1-4-18(11-12(2)3)15(19)8-9-17-22(20,21)14-7-5-6-13(16)10-14/h5-7,10,17H,2,4,8-9,11H2,1,3H3. The van der Waals surface area contributed by atoms with Crippen molar-refractivity contribution in [2.75, 3.05) is 19.6 Å². The lowest BCUT2D eigenvalue weighted by Crippen LogP contribution is -2.35. The van der Waals surface area contributed by atoms with E-state index in [4.69, 9.17) is 11.6 Å².